The van der Waals surface area contributed by atoms with Crippen LogP contribution in [0.2, 0.25) is 0 Å². The monoisotopic (exact) mass is 546 g/mol. The van der Waals surface area contributed by atoms with E-state index in [1.807, 2.05) is 31.2 Å². The number of hydrogen-bond acceptors (Lipinski definition) is 6. The van der Waals surface area contributed by atoms with Crippen molar-refractivity contribution >= 4 is 17.6 Å². The van der Waals surface area contributed by atoms with Crippen molar-refractivity contribution in [1.29, 1.82) is 0 Å². The molecule has 2 saturated heterocycles. The van der Waals surface area contributed by atoms with Crippen LogP contribution in [0.5, 0.6) is 11.5 Å². The van der Waals surface area contributed by atoms with Crippen molar-refractivity contribution in [3.05, 3.63) is 82.8 Å². The van der Waals surface area contributed by atoms with E-state index in [0.29, 0.717) is 41.2 Å². The summed E-state index contributed by atoms with van der Waals surface area (Å²) in [4.78, 5) is 32.6. The number of pyridine rings is 1. The lowest BCUT2D eigenvalue weighted by atomic mass is 9.96. The van der Waals surface area contributed by atoms with Crippen molar-refractivity contribution in [2.45, 2.75) is 57.2 Å². The number of methoxy groups -OCH3 is 2. The van der Waals surface area contributed by atoms with Gasteiger partial charge in [-0.1, -0.05) is 12.1 Å². The fourth-order valence-electron chi connectivity index (χ4n) is 5.96. The van der Waals surface area contributed by atoms with E-state index in [2.05, 4.69) is 20.5 Å². The molecule has 0 aliphatic carbocycles. The molecule has 2 bridgehead atoms. The first-order chi connectivity index (χ1) is 19.4. The number of carbonyl (C=O) groups excluding carboxylic acids is 2. The van der Waals surface area contributed by atoms with Crippen LogP contribution in [-0.2, 0) is 6.42 Å². The molecule has 8 nitrogen and oxygen atoms in total. The average molecular weight is 547 g/mol. The minimum atomic E-state index is -0.354. The molecule has 3 aromatic rings. The standard InChI is InChI=1S/C31H35FN4O4/c1-19-26(5-4-6-28(19)40-3)31(38)35-22-15-23-9-10-24(16-22)36(23)29-12-8-21(18-34-29)30(37)33-14-13-20-7-11-25(39-2)17-27(20)32/h4-8,11-12,17-18,22-24H,9-10,13-16H2,1-3H3,(H,33,37)(H,35,38)/t22?,23-,24?/m0/s1. The first-order valence-electron chi connectivity index (χ1n) is 13.7. The molecule has 3 heterocycles. The van der Waals surface area contributed by atoms with Crippen molar-refractivity contribution in [3.63, 3.8) is 0 Å². The number of aromatic nitrogens is 1. The summed E-state index contributed by atoms with van der Waals surface area (Å²) >= 11 is 0. The molecule has 40 heavy (non-hydrogen) atoms. The van der Waals surface area contributed by atoms with Gasteiger partial charge in [-0.15, -0.1) is 0 Å². The highest BCUT2D eigenvalue weighted by Gasteiger charge is 2.42. The topological polar surface area (TPSA) is 92.8 Å². The third-order valence-corrected chi connectivity index (χ3v) is 8.03. The molecule has 210 valence electrons. The summed E-state index contributed by atoms with van der Waals surface area (Å²) in [6.07, 6.45) is 5.74. The molecular weight excluding hydrogens is 511 g/mol. The lowest BCUT2D eigenvalue weighted by Crippen LogP contribution is -2.50. The molecule has 0 saturated carbocycles. The Morgan fingerprint density at radius 1 is 1.02 bits per heavy atom. The Bertz CT molecular complexity index is 1370. The number of nitrogens with one attached hydrogen (secondary N) is 2. The minimum absolute atomic E-state index is 0.0718. The first-order valence-corrected chi connectivity index (χ1v) is 13.7. The van der Waals surface area contributed by atoms with Crippen LogP contribution in [0.1, 0.15) is 57.5 Å². The highest BCUT2D eigenvalue weighted by atomic mass is 19.1. The fraction of sp³-hybridized carbons (Fsp3) is 0.387. The lowest BCUT2D eigenvalue weighted by molar-refractivity contribution is 0.0924. The first kappa shape index (κ1) is 27.4. The maximum Gasteiger partial charge on any atom is 0.252 e. The molecule has 2 aromatic carbocycles. The Labute approximate surface area is 233 Å². The second-order valence-electron chi connectivity index (χ2n) is 10.4. The normalized spacial score (nSPS) is 19.7. The number of benzene rings is 2. The number of amides is 2. The second kappa shape index (κ2) is 11.9. The van der Waals surface area contributed by atoms with Gasteiger partial charge in [0.05, 0.1) is 19.8 Å². The van der Waals surface area contributed by atoms with Gasteiger partial charge in [-0.25, -0.2) is 9.37 Å². The van der Waals surface area contributed by atoms with E-state index in [9.17, 15) is 14.0 Å². The summed E-state index contributed by atoms with van der Waals surface area (Å²) in [6.45, 7) is 2.21. The molecule has 2 amide bonds. The van der Waals surface area contributed by atoms with Gasteiger partial charge in [0.25, 0.3) is 11.8 Å². The number of carbonyl (C=O) groups is 2. The number of piperidine rings is 1. The van der Waals surface area contributed by atoms with Gasteiger partial charge in [-0.05, 0) is 74.9 Å². The Morgan fingerprint density at radius 3 is 2.45 bits per heavy atom. The van der Waals surface area contributed by atoms with Crippen molar-refractivity contribution in [2.24, 2.45) is 0 Å². The summed E-state index contributed by atoms with van der Waals surface area (Å²) in [6, 6.07) is 14.6. The quantitative estimate of drug-likeness (QED) is 0.412. The van der Waals surface area contributed by atoms with Crippen molar-refractivity contribution in [3.8, 4) is 11.5 Å². The van der Waals surface area contributed by atoms with Crippen LogP contribution >= 0.6 is 0 Å². The van der Waals surface area contributed by atoms with Gasteiger partial charge in [0.1, 0.15) is 23.1 Å². The second-order valence-corrected chi connectivity index (χ2v) is 10.4. The number of hydrogen-bond donors (Lipinski definition) is 2. The van der Waals surface area contributed by atoms with Crippen LogP contribution in [0.3, 0.4) is 0 Å². The molecule has 0 spiro atoms. The minimum Gasteiger partial charge on any atom is -0.497 e. The largest absolute Gasteiger partial charge is 0.497 e. The summed E-state index contributed by atoms with van der Waals surface area (Å²) in [7, 11) is 3.10. The SMILES string of the molecule is COc1ccc(CCNC(=O)c2ccc(N3C4CC[C@H]3CC(NC(=O)c3cccc(OC)c3C)C4)nc2)c(F)c1. The number of ether oxygens (including phenoxy) is 2. The highest BCUT2D eigenvalue weighted by molar-refractivity contribution is 5.96. The van der Waals surface area contributed by atoms with Crippen LogP contribution < -0.4 is 25.0 Å². The van der Waals surface area contributed by atoms with E-state index >= 15 is 0 Å². The summed E-state index contributed by atoms with van der Waals surface area (Å²) in [5.74, 6) is 1.34. The Balaban J connectivity index is 1.15. The molecule has 1 aromatic heterocycles. The van der Waals surface area contributed by atoms with Crippen molar-refractivity contribution in [1.82, 2.24) is 15.6 Å². The van der Waals surface area contributed by atoms with Gasteiger partial charge >= 0.3 is 0 Å². The van der Waals surface area contributed by atoms with Gasteiger partial charge < -0.3 is 25.0 Å². The highest BCUT2D eigenvalue weighted by Crippen LogP contribution is 2.38. The number of rotatable bonds is 9. The van der Waals surface area contributed by atoms with E-state index in [-0.39, 0.29) is 35.8 Å². The van der Waals surface area contributed by atoms with E-state index in [1.165, 1.54) is 13.2 Å². The Morgan fingerprint density at radius 2 is 1.80 bits per heavy atom. The molecule has 2 fully saturated rings. The Kier molecular flexibility index (Phi) is 8.19. The predicted octanol–water partition coefficient (Wildman–Crippen LogP) is 4.45. The number of fused-ring (bicyclic) bond motifs is 2. The molecule has 9 heteroatoms. The van der Waals surface area contributed by atoms with E-state index < -0.39 is 0 Å². The van der Waals surface area contributed by atoms with Crippen LogP contribution in [0.4, 0.5) is 10.2 Å². The van der Waals surface area contributed by atoms with Crippen LogP contribution in [0.25, 0.3) is 0 Å². The van der Waals surface area contributed by atoms with Crippen LogP contribution in [0, 0.1) is 12.7 Å². The fourth-order valence-corrected chi connectivity index (χ4v) is 5.96. The van der Waals surface area contributed by atoms with Gasteiger partial charge in [-0.2, -0.15) is 0 Å². The van der Waals surface area contributed by atoms with Crippen molar-refractivity contribution < 1.29 is 23.5 Å². The number of anilines is 1. The molecule has 2 N–H and O–H groups in total. The van der Waals surface area contributed by atoms with Gasteiger partial charge in [0, 0.05) is 48.1 Å². The molecule has 2 aliphatic heterocycles. The zero-order chi connectivity index (χ0) is 28.2. The molecular formula is C31H35FN4O4. The summed E-state index contributed by atoms with van der Waals surface area (Å²) in [5.41, 5.74) is 2.45. The predicted molar refractivity (Wildman–Crippen MR) is 151 cm³/mol. The third-order valence-electron chi connectivity index (χ3n) is 8.03. The maximum atomic E-state index is 14.1. The average Bonchev–Trinajstić information content (AvgIpc) is 3.23. The molecule has 5 rings (SSSR count). The summed E-state index contributed by atoms with van der Waals surface area (Å²) < 4.78 is 24.5. The van der Waals surface area contributed by atoms with Crippen molar-refractivity contribution in [2.75, 3.05) is 25.7 Å². The molecule has 3 atom stereocenters. The van der Waals surface area contributed by atoms with E-state index in [4.69, 9.17) is 9.47 Å². The van der Waals surface area contributed by atoms with Gasteiger partial charge in [0.2, 0.25) is 0 Å². The van der Waals surface area contributed by atoms with Crippen LogP contribution in [-0.4, -0.2) is 55.7 Å². The van der Waals surface area contributed by atoms with E-state index in [0.717, 1.165) is 37.1 Å². The number of nitrogens with zero attached hydrogens (tertiary/aromatic N) is 2. The maximum absolute atomic E-state index is 14.1. The summed E-state index contributed by atoms with van der Waals surface area (Å²) in [5, 5.41) is 6.08. The Hall–Kier alpha value is -4.14. The van der Waals surface area contributed by atoms with Gasteiger partial charge in [-0.3, -0.25) is 9.59 Å². The van der Waals surface area contributed by atoms with E-state index in [1.54, 1.807) is 31.5 Å². The lowest BCUT2D eigenvalue weighted by Gasteiger charge is -2.40. The molecule has 2 aliphatic rings. The molecule has 0 radical (unpaired) electrons. The smallest absolute Gasteiger partial charge is 0.252 e. The number of halogens is 1. The third kappa shape index (κ3) is 5.73. The van der Waals surface area contributed by atoms with Gasteiger partial charge in [0.15, 0.2) is 0 Å². The zero-order valence-corrected chi connectivity index (χ0v) is 23.1. The molecule has 2 unspecified atom stereocenters. The van der Waals surface area contributed by atoms with Crippen LogP contribution in [0.15, 0.2) is 54.7 Å². The zero-order valence-electron chi connectivity index (χ0n) is 23.1.